The highest BCUT2D eigenvalue weighted by atomic mass is 28.4. The van der Waals surface area contributed by atoms with Gasteiger partial charge in [0.2, 0.25) is 0 Å². The van der Waals surface area contributed by atoms with E-state index >= 15 is 0 Å². The molecule has 2 aromatic carbocycles. The number of hydrogen-bond acceptors (Lipinski definition) is 4. The lowest BCUT2D eigenvalue weighted by Gasteiger charge is -2.39. The van der Waals surface area contributed by atoms with E-state index in [9.17, 15) is 9.90 Å². The van der Waals surface area contributed by atoms with Gasteiger partial charge in [0.05, 0.1) is 13.2 Å². The maximum absolute atomic E-state index is 11.5. The molecule has 2 aromatic rings. The molecule has 0 spiro atoms. The predicted octanol–water partition coefficient (Wildman–Crippen LogP) is 5.39. The number of rotatable bonds is 8. The van der Waals surface area contributed by atoms with Crippen LogP contribution in [0.2, 0.25) is 18.1 Å². The first-order valence-electron chi connectivity index (χ1n) is 9.96. The first-order valence-corrected chi connectivity index (χ1v) is 12.9. The summed E-state index contributed by atoms with van der Waals surface area (Å²) < 4.78 is 11.5. The Morgan fingerprint density at radius 1 is 1.18 bits per heavy atom. The van der Waals surface area contributed by atoms with Crippen LogP contribution in [0, 0.1) is 0 Å². The Hall–Kier alpha value is -1.69. The van der Waals surface area contributed by atoms with Gasteiger partial charge in [-0.25, -0.2) is 0 Å². The molecule has 154 valence electrons. The van der Waals surface area contributed by atoms with Crippen LogP contribution in [-0.2, 0) is 20.4 Å². The number of aryl methyl sites for hydroxylation is 1. The number of esters is 1. The van der Waals surface area contributed by atoms with Gasteiger partial charge in [0.15, 0.2) is 8.32 Å². The molecule has 28 heavy (non-hydrogen) atoms. The fraction of sp³-hybridized carbons (Fsp3) is 0.522. The van der Waals surface area contributed by atoms with E-state index in [0.29, 0.717) is 19.3 Å². The third-order valence-electron chi connectivity index (χ3n) is 5.81. The summed E-state index contributed by atoms with van der Waals surface area (Å²) in [5.41, 5.74) is 2.21. The molecule has 0 aliphatic heterocycles. The largest absolute Gasteiger partial charge is 0.469 e. The number of aliphatic hydroxyl groups is 1. The van der Waals surface area contributed by atoms with Crippen molar-refractivity contribution in [2.24, 2.45) is 0 Å². The van der Waals surface area contributed by atoms with Crippen molar-refractivity contribution in [2.75, 3.05) is 13.7 Å². The summed E-state index contributed by atoms with van der Waals surface area (Å²) in [6.07, 6.45) is 1.43. The zero-order chi connectivity index (χ0) is 20.9. The average Bonchev–Trinajstić information content (AvgIpc) is 2.64. The minimum absolute atomic E-state index is 0.0811. The number of fused-ring (bicyclic) bond motifs is 1. The van der Waals surface area contributed by atoms with Gasteiger partial charge in [-0.05, 0) is 52.9 Å². The molecule has 0 saturated heterocycles. The van der Waals surface area contributed by atoms with Gasteiger partial charge in [0.25, 0.3) is 0 Å². The Morgan fingerprint density at radius 3 is 2.50 bits per heavy atom. The number of carbonyl (C=O) groups is 1. The highest BCUT2D eigenvalue weighted by Crippen LogP contribution is 2.41. The summed E-state index contributed by atoms with van der Waals surface area (Å²) in [5.74, 6) is -0.201. The number of methoxy groups -OCH3 is 1. The van der Waals surface area contributed by atoms with Crippen LogP contribution in [0.1, 0.15) is 50.8 Å². The minimum Gasteiger partial charge on any atom is -0.469 e. The van der Waals surface area contributed by atoms with Crippen molar-refractivity contribution >= 4 is 25.1 Å². The molecule has 0 bridgehead atoms. The lowest BCUT2D eigenvalue weighted by Crippen LogP contribution is -2.42. The van der Waals surface area contributed by atoms with Crippen LogP contribution in [-0.4, -0.2) is 33.1 Å². The van der Waals surface area contributed by atoms with E-state index in [4.69, 9.17) is 9.16 Å². The van der Waals surface area contributed by atoms with Crippen LogP contribution in [0.15, 0.2) is 36.4 Å². The van der Waals surface area contributed by atoms with Crippen LogP contribution in [0.5, 0.6) is 0 Å². The molecule has 1 atom stereocenters. The SMILES string of the molecule is COC(=O)CCc1ccc2cccc(C(CCO)O[Si](C)(C)C(C)(C)C)c2c1. The summed E-state index contributed by atoms with van der Waals surface area (Å²) in [4.78, 5) is 11.5. The fourth-order valence-corrected chi connectivity index (χ4v) is 4.37. The van der Waals surface area contributed by atoms with Gasteiger partial charge < -0.3 is 14.3 Å². The Labute approximate surface area is 170 Å². The Balaban J connectivity index is 2.42. The molecule has 2 rings (SSSR count). The standard InChI is InChI=1S/C23H34O4Si/c1-23(2,3)28(5,6)27-21(14-15-24)19-9-7-8-18-12-10-17(16-20(18)19)11-13-22(25)26-4/h7-10,12,16,21,24H,11,13-15H2,1-6H3. The maximum atomic E-state index is 11.5. The summed E-state index contributed by atoms with van der Waals surface area (Å²) in [6, 6.07) is 12.5. The second-order valence-electron chi connectivity index (χ2n) is 8.86. The van der Waals surface area contributed by atoms with E-state index in [-0.39, 0.29) is 23.7 Å². The summed E-state index contributed by atoms with van der Waals surface area (Å²) in [7, 11) is -0.581. The number of hydrogen-bond donors (Lipinski definition) is 1. The molecule has 0 aliphatic rings. The first-order chi connectivity index (χ1) is 13.1. The lowest BCUT2D eigenvalue weighted by molar-refractivity contribution is -0.140. The second-order valence-corrected chi connectivity index (χ2v) is 13.6. The van der Waals surface area contributed by atoms with Crippen LogP contribution in [0.25, 0.3) is 10.8 Å². The molecule has 0 saturated carbocycles. The van der Waals surface area contributed by atoms with Crippen molar-refractivity contribution in [2.45, 2.75) is 64.3 Å². The first kappa shape index (κ1) is 22.6. The molecule has 0 fully saturated rings. The maximum Gasteiger partial charge on any atom is 0.305 e. The van der Waals surface area contributed by atoms with Gasteiger partial charge in [-0.3, -0.25) is 4.79 Å². The molecule has 5 heteroatoms. The van der Waals surface area contributed by atoms with E-state index < -0.39 is 8.32 Å². The monoisotopic (exact) mass is 402 g/mol. The molecule has 1 unspecified atom stereocenters. The van der Waals surface area contributed by atoms with Gasteiger partial charge in [-0.2, -0.15) is 0 Å². The van der Waals surface area contributed by atoms with Gasteiger partial charge >= 0.3 is 5.97 Å². The van der Waals surface area contributed by atoms with Crippen molar-refractivity contribution in [1.82, 2.24) is 0 Å². The summed E-state index contributed by atoms with van der Waals surface area (Å²) in [6.45, 7) is 11.2. The van der Waals surface area contributed by atoms with Gasteiger partial charge in [-0.1, -0.05) is 57.2 Å². The summed E-state index contributed by atoms with van der Waals surface area (Å²) in [5, 5.41) is 12.0. The Kier molecular flexibility index (Phi) is 7.43. The average molecular weight is 403 g/mol. The van der Waals surface area contributed by atoms with Gasteiger partial charge in [-0.15, -0.1) is 0 Å². The molecule has 1 N–H and O–H groups in total. The van der Waals surface area contributed by atoms with E-state index in [0.717, 1.165) is 21.9 Å². The van der Waals surface area contributed by atoms with E-state index in [1.165, 1.54) is 7.11 Å². The topological polar surface area (TPSA) is 55.8 Å². The van der Waals surface area contributed by atoms with E-state index in [1.54, 1.807) is 0 Å². The zero-order valence-electron chi connectivity index (χ0n) is 18.0. The van der Waals surface area contributed by atoms with Crippen LogP contribution >= 0.6 is 0 Å². The third-order valence-corrected chi connectivity index (χ3v) is 10.3. The van der Waals surface area contributed by atoms with Gasteiger partial charge in [0, 0.05) is 13.0 Å². The van der Waals surface area contributed by atoms with E-state index in [1.807, 2.05) is 6.07 Å². The normalized spacial score (nSPS) is 13.5. The fourth-order valence-electron chi connectivity index (χ4n) is 3.06. The molecule has 0 aliphatic carbocycles. The predicted molar refractivity (Wildman–Crippen MR) is 117 cm³/mol. The van der Waals surface area contributed by atoms with Crippen LogP contribution < -0.4 is 0 Å². The van der Waals surface area contributed by atoms with Crippen molar-refractivity contribution in [1.29, 1.82) is 0 Å². The Bertz CT molecular complexity index is 808. The molecule has 4 nitrogen and oxygen atoms in total. The Morgan fingerprint density at radius 2 is 1.89 bits per heavy atom. The lowest BCUT2D eigenvalue weighted by atomic mass is 9.96. The van der Waals surface area contributed by atoms with Crippen LogP contribution in [0.4, 0.5) is 0 Å². The summed E-state index contributed by atoms with van der Waals surface area (Å²) >= 11 is 0. The number of ether oxygens (including phenoxy) is 1. The third kappa shape index (κ3) is 5.43. The van der Waals surface area contributed by atoms with Crippen LogP contribution in [0.3, 0.4) is 0 Å². The highest BCUT2D eigenvalue weighted by molar-refractivity contribution is 6.74. The number of carbonyl (C=O) groups excluding carboxylic acids is 1. The van der Waals surface area contributed by atoms with Crippen molar-refractivity contribution < 1.29 is 19.1 Å². The molecular formula is C23H34O4Si. The highest BCUT2D eigenvalue weighted by Gasteiger charge is 2.39. The number of benzene rings is 2. The number of aliphatic hydroxyl groups excluding tert-OH is 1. The van der Waals surface area contributed by atoms with E-state index in [2.05, 4.69) is 64.2 Å². The van der Waals surface area contributed by atoms with Gasteiger partial charge in [0.1, 0.15) is 0 Å². The second kappa shape index (κ2) is 9.20. The smallest absolute Gasteiger partial charge is 0.305 e. The van der Waals surface area contributed by atoms with Crippen molar-refractivity contribution in [3.05, 3.63) is 47.5 Å². The molecule has 0 aromatic heterocycles. The molecule has 0 radical (unpaired) electrons. The zero-order valence-corrected chi connectivity index (χ0v) is 19.0. The van der Waals surface area contributed by atoms with Crippen molar-refractivity contribution in [3.63, 3.8) is 0 Å². The minimum atomic E-state index is -2.00. The quantitative estimate of drug-likeness (QED) is 0.475. The van der Waals surface area contributed by atoms with Crippen molar-refractivity contribution in [3.8, 4) is 0 Å². The molecule has 0 heterocycles. The molecule has 0 amide bonds. The molecular weight excluding hydrogens is 368 g/mol.